The Morgan fingerprint density at radius 1 is 1.18 bits per heavy atom. The van der Waals surface area contributed by atoms with E-state index in [4.69, 9.17) is 10.7 Å². The minimum atomic E-state index is 0.549. The van der Waals surface area contributed by atoms with E-state index in [1.165, 1.54) is 27.4 Å². The smallest absolute Gasteiger partial charge is 0.194 e. The van der Waals surface area contributed by atoms with E-state index < -0.39 is 0 Å². The third kappa shape index (κ3) is 2.46. The van der Waals surface area contributed by atoms with E-state index in [-0.39, 0.29) is 0 Å². The van der Waals surface area contributed by atoms with Crippen molar-refractivity contribution in [1.82, 2.24) is 9.38 Å². The molecule has 0 aliphatic rings. The van der Waals surface area contributed by atoms with Gasteiger partial charge in [0.25, 0.3) is 0 Å². The van der Waals surface area contributed by atoms with Gasteiger partial charge in [0.15, 0.2) is 4.96 Å². The second-order valence-electron chi connectivity index (χ2n) is 6.08. The monoisotopic (exact) mass is 313 g/mol. The molecule has 1 aromatic carbocycles. The van der Waals surface area contributed by atoms with Crippen molar-refractivity contribution in [2.45, 2.75) is 40.0 Å². The SMILES string of the molecule is Cc1sc2nc(-c3ccc(C(C)C)cc3)c(CCN)n2c1C. The summed E-state index contributed by atoms with van der Waals surface area (Å²) in [4.78, 5) is 7.28. The van der Waals surface area contributed by atoms with Crippen molar-refractivity contribution in [1.29, 1.82) is 0 Å². The summed E-state index contributed by atoms with van der Waals surface area (Å²) in [6.07, 6.45) is 0.847. The van der Waals surface area contributed by atoms with Crippen LogP contribution in [0, 0.1) is 13.8 Å². The highest BCUT2D eigenvalue weighted by atomic mass is 32.1. The van der Waals surface area contributed by atoms with E-state index in [1.807, 2.05) is 0 Å². The van der Waals surface area contributed by atoms with E-state index >= 15 is 0 Å². The molecule has 0 radical (unpaired) electrons. The number of hydrogen-bond donors (Lipinski definition) is 1. The molecule has 0 spiro atoms. The number of thiazole rings is 1. The lowest BCUT2D eigenvalue weighted by atomic mass is 10.00. The van der Waals surface area contributed by atoms with Gasteiger partial charge in [0.05, 0.1) is 11.4 Å². The second kappa shape index (κ2) is 5.86. The van der Waals surface area contributed by atoms with Crippen LogP contribution in [0.1, 0.15) is 41.6 Å². The van der Waals surface area contributed by atoms with Crippen LogP contribution in [0.4, 0.5) is 0 Å². The van der Waals surface area contributed by atoms with E-state index in [9.17, 15) is 0 Å². The first-order valence-corrected chi connectivity index (χ1v) is 8.62. The van der Waals surface area contributed by atoms with Crippen LogP contribution in [-0.4, -0.2) is 15.9 Å². The molecule has 116 valence electrons. The van der Waals surface area contributed by atoms with E-state index in [1.54, 1.807) is 11.3 Å². The van der Waals surface area contributed by atoms with Crippen molar-refractivity contribution in [2.75, 3.05) is 6.54 Å². The molecule has 2 N–H and O–H groups in total. The van der Waals surface area contributed by atoms with Gasteiger partial charge < -0.3 is 5.73 Å². The summed E-state index contributed by atoms with van der Waals surface area (Å²) in [6.45, 7) is 9.38. The summed E-state index contributed by atoms with van der Waals surface area (Å²) in [7, 11) is 0. The third-order valence-corrected chi connectivity index (χ3v) is 5.32. The van der Waals surface area contributed by atoms with Crippen LogP contribution in [0.2, 0.25) is 0 Å². The maximum absolute atomic E-state index is 5.84. The highest BCUT2D eigenvalue weighted by Crippen LogP contribution is 2.31. The zero-order valence-corrected chi connectivity index (χ0v) is 14.5. The molecule has 4 heteroatoms. The topological polar surface area (TPSA) is 43.3 Å². The molecule has 0 saturated heterocycles. The van der Waals surface area contributed by atoms with Crippen molar-refractivity contribution in [3.05, 3.63) is 46.1 Å². The maximum atomic E-state index is 5.84. The van der Waals surface area contributed by atoms with Crippen LogP contribution in [0.15, 0.2) is 24.3 Å². The van der Waals surface area contributed by atoms with E-state index in [0.29, 0.717) is 12.5 Å². The van der Waals surface area contributed by atoms with Gasteiger partial charge in [0.2, 0.25) is 0 Å². The summed E-state index contributed by atoms with van der Waals surface area (Å²) in [5.41, 5.74) is 12.0. The first-order chi connectivity index (χ1) is 10.5. The Balaban J connectivity index is 2.15. The predicted octanol–water partition coefficient (Wildman–Crippen LogP) is 4.30. The van der Waals surface area contributed by atoms with Gasteiger partial charge in [-0.3, -0.25) is 4.40 Å². The van der Waals surface area contributed by atoms with Crippen molar-refractivity contribution >= 4 is 16.3 Å². The van der Waals surface area contributed by atoms with Gasteiger partial charge in [-0.2, -0.15) is 0 Å². The molecule has 22 heavy (non-hydrogen) atoms. The molecule has 0 atom stereocenters. The summed E-state index contributed by atoms with van der Waals surface area (Å²) >= 11 is 1.75. The Morgan fingerprint density at radius 3 is 2.45 bits per heavy atom. The quantitative estimate of drug-likeness (QED) is 0.780. The Hall–Kier alpha value is -1.65. The summed E-state index contributed by atoms with van der Waals surface area (Å²) in [5, 5.41) is 0. The highest BCUT2D eigenvalue weighted by molar-refractivity contribution is 7.17. The predicted molar refractivity (Wildman–Crippen MR) is 94.8 cm³/mol. The second-order valence-corrected chi connectivity index (χ2v) is 7.27. The van der Waals surface area contributed by atoms with Gasteiger partial charge in [-0.1, -0.05) is 38.1 Å². The first-order valence-electron chi connectivity index (χ1n) is 7.80. The van der Waals surface area contributed by atoms with Gasteiger partial charge in [-0.25, -0.2) is 4.98 Å². The summed E-state index contributed by atoms with van der Waals surface area (Å²) in [5.74, 6) is 0.549. The number of benzene rings is 1. The minimum absolute atomic E-state index is 0.549. The largest absolute Gasteiger partial charge is 0.330 e. The lowest BCUT2D eigenvalue weighted by molar-refractivity contribution is 0.866. The van der Waals surface area contributed by atoms with Crippen molar-refractivity contribution in [3.8, 4) is 11.3 Å². The number of rotatable bonds is 4. The van der Waals surface area contributed by atoms with E-state index in [2.05, 4.69) is 56.4 Å². The molecule has 3 aromatic rings. The zero-order chi connectivity index (χ0) is 15.9. The van der Waals surface area contributed by atoms with Gasteiger partial charge >= 0.3 is 0 Å². The van der Waals surface area contributed by atoms with Crippen molar-refractivity contribution in [2.24, 2.45) is 5.73 Å². The minimum Gasteiger partial charge on any atom is -0.330 e. The van der Waals surface area contributed by atoms with Crippen LogP contribution >= 0.6 is 11.3 Å². The van der Waals surface area contributed by atoms with Crippen LogP contribution < -0.4 is 5.73 Å². The number of aryl methyl sites for hydroxylation is 2. The lowest BCUT2D eigenvalue weighted by Gasteiger charge is -2.08. The van der Waals surface area contributed by atoms with Gasteiger partial charge in [0, 0.05) is 22.6 Å². The fraction of sp³-hybridized carbons (Fsp3) is 0.389. The zero-order valence-electron chi connectivity index (χ0n) is 13.7. The molecule has 0 fully saturated rings. The van der Waals surface area contributed by atoms with Crippen molar-refractivity contribution in [3.63, 3.8) is 0 Å². The molecule has 2 aromatic heterocycles. The number of aromatic nitrogens is 2. The Labute approximate surface area is 135 Å². The molecule has 3 rings (SSSR count). The van der Waals surface area contributed by atoms with Crippen LogP contribution in [0.3, 0.4) is 0 Å². The standard InChI is InChI=1S/C18H23N3S/c1-11(2)14-5-7-15(8-6-14)17-16(9-10-19)21-12(3)13(4)22-18(21)20-17/h5-8,11H,9-10,19H2,1-4H3. The molecule has 0 aliphatic carbocycles. The molecule has 0 aliphatic heterocycles. The van der Waals surface area contributed by atoms with Gasteiger partial charge in [-0.15, -0.1) is 11.3 Å². The molecule has 0 bridgehead atoms. The molecule has 3 nitrogen and oxygen atoms in total. The lowest BCUT2D eigenvalue weighted by Crippen LogP contribution is -2.07. The molecule has 0 unspecified atom stereocenters. The molecule has 0 saturated carbocycles. The Morgan fingerprint density at radius 2 is 1.86 bits per heavy atom. The molecular weight excluding hydrogens is 290 g/mol. The first kappa shape index (κ1) is 15.3. The maximum Gasteiger partial charge on any atom is 0.194 e. The molecule has 0 amide bonds. The van der Waals surface area contributed by atoms with Crippen molar-refractivity contribution < 1.29 is 0 Å². The highest BCUT2D eigenvalue weighted by Gasteiger charge is 2.17. The fourth-order valence-electron chi connectivity index (χ4n) is 2.84. The molecule has 2 heterocycles. The number of nitrogens with zero attached hydrogens (tertiary/aromatic N) is 2. The van der Waals surface area contributed by atoms with E-state index in [0.717, 1.165) is 17.1 Å². The normalized spacial score (nSPS) is 11.7. The van der Waals surface area contributed by atoms with Crippen LogP contribution in [0.5, 0.6) is 0 Å². The average Bonchev–Trinajstić information content (AvgIpc) is 2.98. The number of imidazole rings is 1. The number of hydrogen-bond acceptors (Lipinski definition) is 3. The average molecular weight is 313 g/mol. The van der Waals surface area contributed by atoms with Gasteiger partial charge in [0.1, 0.15) is 0 Å². The Bertz CT molecular complexity index is 794. The Kier molecular flexibility index (Phi) is 4.06. The number of fused-ring (bicyclic) bond motifs is 1. The number of nitrogens with two attached hydrogens (primary N) is 1. The van der Waals surface area contributed by atoms with Crippen LogP contribution in [-0.2, 0) is 6.42 Å². The summed E-state index contributed by atoms with van der Waals surface area (Å²) < 4.78 is 2.28. The van der Waals surface area contributed by atoms with Crippen LogP contribution in [0.25, 0.3) is 16.2 Å². The molecular formula is C18H23N3S. The fourth-order valence-corrected chi connectivity index (χ4v) is 3.83. The third-order valence-electron chi connectivity index (χ3n) is 4.26. The van der Waals surface area contributed by atoms with Gasteiger partial charge in [-0.05, 0) is 31.9 Å². The summed E-state index contributed by atoms with van der Waals surface area (Å²) in [6, 6.07) is 8.78.